The van der Waals surface area contributed by atoms with E-state index in [1.165, 1.54) is 12.3 Å². The van der Waals surface area contributed by atoms with E-state index in [1.54, 1.807) is 24.5 Å². The third kappa shape index (κ3) is 2.20. The van der Waals surface area contributed by atoms with Gasteiger partial charge in [0.25, 0.3) is 5.91 Å². The fraction of sp³-hybridized carbons (Fsp3) is 0. The summed E-state index contributed by atoms with van der Waals surface area (Å²) in [5.74, 6) is -0.277. The quantitative estimate of drug-likeness (QED) is 0.740. The van der Waals surface area contributed by atoms with Crippen LogP contribution in [0, 0.1) is 11.3 Å². The molecule has 96 valence electrons. The minimum Gasteiger partial charge on any atom is -0.345 e. The first-order chi connectivity index (χ1) is 9.76. The number of H-pyrrole nitrogens is 1. The van der Waals surface area contributed by atoms with Crippen LogP contribution in [0.4, 0.5) is 5.69 Å². The number of hydrogen-bond donors (Lipinski definition) is 2. The van der Waals surface area contributed by atoms with E-state index < -0.39 is 0 Å². The van der Waals surface area contributed by atoms with Gasteiger partial charge >= 0.3 is 0 Å². The average Bonchev–Trinajstić information content (AvgIpc) is 2.95. The normalized spacial score (nSPS) is 10.2. The maximum Gasteiger partial charge on any atom is 0.257 e. The van der Waals surface area contributed by atoms with E-state index >= 15 is 0 Å². The first kappa shape index (κ1) is 11.9. The average molecular weight is 263 g/mol. The second-order valence-corrected chi connectivity index (χ2v) is 4.13. The van der Waals surface area contributed by atoms with Crippen molar-refractivity contribution < 1.29 is 4.79 Å². The Bertz CT molecular complexity index is 813. The Hall–Kier alpha value is -3.20. The Kier molecular flexibility index (Phi) is 2.86. The molecule has 0 atom stereocenters. The van der Waals surface area contributed by atoms with Gasteiger partial charge in [0.1, 0.15) is 11.8 Å². The summed E-state index contributed by atoms with van der Waals surface area (Å²) < 4.78 is 0. The molecule has 0 saturated heterocycles. The molecule has 6 nitrogen and oxygen atoms in total. The van der Waals surface area contributed by atoms with Crippen LogP contribution in [0.2, 0.25) is 0 Å². The zero-order valence-electron chi connectivity index (χ0n) is 10.3. The Balaban J connectivity index is 1.82. The van der Waals surface area contributed by atoms with Crippen molar-refractivity contribution in [2.45, 2.75) is 0 Å². The molecule has 0 radical (unpaired) electrons. The maximum absolute atomic E-state index is 12.0. The topological polar surface area (TPSA) is 94.5 Å². The highest BCUT2D eigenvalue weighted by Crippen LogP contribution is 2.16. The molecule has 20 heavy (non-hydrogen) atoms. The van der Waals surface area contributed by atoms with Crippen LogP contribution in [0.5, 0.6) is 0 Å². The highest BCUT2D eigenvalue weighted by atomic mass is 16.1. The zero-order valence-corrected chi connectivity index (χ0v) is 10.3. The second kappa shape index (κ2) is 4.82. The minimum atomic E-state index is -0.277. The smallest absolute Gasteiger partial charge is 0.257 e. The molecule has 3 rings (SSSR count). The molecule has 6 heteroatoms. The van der Waals surface area contributed by atoms with E-state index in [9.17, 15) is 4.79 Å². The predicted octanol–water partition coefficient (Wildman–Crippen LogP) is 2.08. The summed E-state index contributed by atoms with van der Waals surface area (Å²) in [4.78, 5) is 23.0. The molecule has 0 fully saturated rings. The van der Waals surface area contributed by atoms with E-state index in [4.69, 9.17) is 5.26 Å². The van der Waals surface area contributed by atoms with Crippen molar-refractivity contribution in [3.8, 4) is 6.07 Å². The summed E-state index contributed by atoms with van der Waals surface area (Å²) in [6, 6.07) is 10.4. The Labute approximate surface area is 114 Å². The number of fused-ring (bicyclic) bond motifs is 1. The van der Waals surface area contributed by atoms with Gasteiger partial charge in [0.05, 0.1) is 22.9 Å². The molecule has 0 bridgehead atoms. The number of amides is 1. The van der Waals surface area contributed by atoms with Gasteiger partial charge in [-0.05, 0) is 30.3 Å². The summed E-state index contributed by atoms with van der Waals surface area (Å²) in [5.41, 5.74) is 3.02. The third-order valence-electron chi connectivity index (χ3n) is 2.82. The number of anilines is 1. The van der Waals surface area contributed by atoms with E-state index in [0.29, 0.717) is 11.3 Å². The standard InChI is InChI=1S/C14H9N5O/c15-6-11-2-1-9(7-16-11)14(20)19-10-3-4-12-13(5-10)18-8-17-12/h1-5,7-8H,(H,17,18)(H,19,20). The Morgan fingerprint density at radius 3 is 2.90 bits per heavy atom. The summed E-state index contributed by atoms with van der Waals surface area (Å²) in [7, 11) is 0. The largest absolute Gasteiger partial charge is 0.345 e. The number of hydrogen-bond acceptors (Lipinski definition) is 4. The van der Waals surface area contributed by atoms with Crippen LogP contribution < -0.4 is 5.32 Å². The number of aromatic amines is 1. The molecule has 1 amide bonds. The summed E-state index contributed by atoms with van der Waals surface area (Å²) in [5, 5.41) is 11.4. The van der Waals surface area contributed by atoms with Gasteiger partial charge in [0, 0.05) is 11.9 Å². The predicted molar refractivity (Wildman–Crippen MR) is 73.0 cm³/mol. The molecule has 0 aliphatic carbocycles. The van der Waals surface area contributed by atoms with Crippen molar-refractivity contribution in [1.82, 2.24) is 15.0 Å². The molecule has 0 spiro atoms. The van der Waals surface area contributed by atoms with Crippen molar-refractivity contribution in [2.75, 3.05) is 5.32 Å². The Morgan fingerprint density at radius 1 is 1.25 bits per heavy atom. The molecule has 0 aliphatic heterocycles. The molecule has 3 aromatic rings. The SMILES string of the molecule is N#Cc1ccc(C(=O)Nc2ccc3nc[nH]c3c2)cn1. The van der Waals surface area contributed by atoms with Crippen LogP contribution in [-0.2, 0) is 0 Å². The number of benzene rings is 1. The molecular weight excluding hydrogens is 254 g/mol. The van der Waals surface area contributed by atoms with Crippen molar-refractivity contribution in [3.63, 3.8) is 0 Å². The number of rotatable bonds is 2. The number of aromatic nitrogens is 3. The third-order valence-corrected chi connectivity index (χ3v) is 2.82. The lowest BCUT2D eigenvalue weighted by atomic mass is 10.2. The number of nitrogens with zero attached hydrogens (tertiary/aromatic N) is 3. The Morgan fingerprint density at radius 2 is 2.15 bits per heavy atom. The lowest BCUT2D eigenvalue weighted by Crippen LogP contribution is -2.12. The van der Waals surface area contributed by atoms with Crippen LogP contribution in [-0.4, -0.2) is 20.9 Å². The van der Waals surface area contributed by atoms with Gasteiger partial charge < -0.3 is 10.3 Å². The van der Waals surface area contributed by atoms with Gasteiger partial charge in [0.15, 0.2) is 0 Å². The van der Waals surface area contributed by atoms with Gasteiger partial charge in [0.2, 0.25) is 0 Å². The molecule has 2 N–H and O–H groups in total. The van der Waals surface area contributed by atoms with Crippen LogP contribution in [0.25, 0.3) is 11.0 Å². The van der Waals surface area contributed by atoms with Crippen molar-refractivity contribution in [1.29, 1.82) is 5.26 Å². The molecule has 1 aromatic carbocycles. The fourth-order valence-electron chi connectivity index (χ4n) is 1.81. The van der Waals surface area contributed by atoms with Gasteiger partial charge in [-0.2, -0.15) is 5.26 Å². The van der Waals surface area contributed by atoms with Crippen LogP contribution in [0.15, 0.2) is 42.9 Å². The first-order valence-electron chi connectivity index (χ1n) is 5.87. The van der Waals surface area contributed by atoms with E-state index in [2.05, 4.69) is 20.3 Å². The molecule has 0 saturated carbocycles. The molecular formula is C14H9N5O. The summed E-state index contributed by atoms with van der Waals surface area (Å²) in [6.45, 7) is 0. The highest BCUT2D eigenvalue weighted by Gasteiger charge is 2.07. The van der Waals surface area contributed by atoms with E-state index in [-0.39, 0.29) is 11.6 Å². The van der Waals surface area contributed by atoms with E-state index in [1.807, 2.05) is 12.1 Å². The molecule has 2 aromatic heterocycles. The number of carbonyl (C=O) groups excluding carboxylic acids is 1. The van der Waals surface area contributed by atoms with Gasteiger partial charge in [-0.25, -0.2) is 9.97 Å². The van der Waals surface area contributed by atoms with Crippen LogP contribution in [0.3, 0.4) is 0 Å². The molecule has 2 heterocycles. The first-order valence-corrected chi connectivity index (χ1v) is 5.87. The maximum atomic E-state index is 12.0. The number of carbonyl (C=O) groups is 1. The number of nitriles is 1. The van der Waals surface area contributed by atoms with Gasteiger partial charge in [-0.1, -0.05) is 0 Å². The second-order valence-electron chi connectivity index (χ2n) is 4.13. The lowest BCUT2D eigenvalue weighted by molar-refractivity contribution is 0.102. The molecule has 0 aliphatic rings. The summed E-state index contributed by atoms with van der Waals surface area (Å²) in [6.07, 6.45) is 2.98. The van der Waals surface area contributed by atoms with E-state index in [0.717, 1.165) is 11.0 Å². The number of imidazole rings is 1. The lowest BCUT2D eigenvalue weighted by Gasteiger charge is -2.04. The minimum absolute atomic E-state index is 0.277. The van der Waals surface area contributed by atoms with Crippen molar-refractivity contribution >= 4 is 22.6 Å². The molecule has 0 unspecified atom stereocenters. The van der Waals surface area contributed by atoms with Crippen LogP contribution in [0.1, 0.15) is 16.1 Å². The fourth-order valence-corrected chi connectivity index (χ4v) is 1.81. The number of pyridine rings is 1. The summed E-state index contributed by atoms with van der Waals surface area (Å²) >= 11 is 0. The zero-order chi connectivity index (χ0) is 13.9. The van der Waals surface area contributed by atoms with Gasteiger partial charge in [-0.3, -0.25) is 4.79 Å². The van der Waals surface area contributed by atoms with Gasteiger partial charge in [-0.15, -0.1) is 0 Å². The van der Waals surface area contributed by atoms with Crippen LogP contribution >= 0.6 is 0 Å². The number of nitrogens with one attached hydrogen (secondary N) is 2. The van der Waals surface area contributed by atoms with Crippen molar-refractivity contribution in [2.24, 2.45) is 0 Å². The monoisotopic (exact) mass is 263 g/mol. The van der Waals surface area contributed by atoms with Crippen molar-refractivity contribution in [3.05, 3.63) is 54.1 Å². The highest BCUT2D eigenvalue weighted by molar-refractivity contribution is 6.04.